The summed E-state index contributed by atoms with van der Waals surface area (Å²) in [5.74, 6) is -0.829. The van der Waals surface area contributed by atoms with Crippen LogP contribution in [0.25, 0.3) is 0 Å². The number of hydrogen-bond acceptors (Lipinski definition) is 2. The second-order valence-corrected chi connectivity index (χ2v) is 5.65. The maximum Gasteiger partial charge on any atom is 0.303 e. The fraction of sp³-hybridized carbons (Fsp3) is 0.467. The van der Waals surface area contributed by atoms with E-state index in [2.05, 4.69) is 21.2 Å². The van der Waals surface area contributed by atoms with Crippen molar-refractivity contribution in [3.63, 3.8) is 0 Å². The van der Waals surface area contributed by atoms with Crippen LogP contribution >= 0.6 is 15.9 Å². The number of rotatable bonds is 8. The van der Waals surface area contributed by atoms with Crippen LogP contribution in [-0.4, -0.2) is 23.5 Å². The van der Waals surface area contributed by atoms with Gasteiger partial charge in [0.2, 0.25) is 0 Å². The van der Waals surface area contributed by atoms with Gasteiger partial charge in [0.1, 0.15) is 0 Å². The third-order valence-electron chi connectivity index (χ3n) is 2.97. The molecule has 1 amide bonds. The number of carbonyl (C=O) groups is 2. The van der Waals surface area contributed by atoms with Gasteiger partial charge in [0.05, 0.1) is 5.56 Å². The van der Waals surface area contributed by atoms with Crippen LogP contribution in [0, 0.1) is 6.92 Å². The summed E-state index contributed by atoms with van der Waals surface area (Å²) in [7, 11) is 0. The van der Waals surface area contributed by atoms with Crippen LogP contribution in [-0.2, 0) is 4.79 Å². The molecule has 0 aromatic heterocycles. The lowest BCUT2D eigenvalue weighted by Gasteiger charge is -2.07. The Labute approximate surface area is 127 Å². The van der Waals surface area contributed by atoms with Gasteiger partial charge in [-0.3, -0.25) is 9.59 Å². The molecule has 0 heterocycles. The summed E-state index contributed by atoms with van der Waals surface area (Å²) in [6, 6.07) is 5.63. The molecular formula is C15H20BrNO3. The minimum absolute atomic E-state index is 0.0811. The molecule has 1 aromatic carbocycles. The van der Waals surface area contributed by atoms with Crippen molar-refractivity contribution in [2.75, 3.05) is 6.54 Å². The zero-order valence-corrected chi connectivity index (χ0v) is 13.2. The monoisotopic (exact) mass is 341 g/mol. The minimum Gasteiger partial charge on any atom is -0.481 e. The van der Waals surface area contributed by atoms with E-state index >= 15 is 0 Å². The summed E-state index contributed by atoms with van der Waals surface area (Å²) in [6.45, 7) is 2.59. The SMILES string of the molecule is Cc1ccc(C(=O)NCCCCCCC(=O)O)c(Br)c1. The van der Waals surface area contributed by atoms with E-state index < -0.39 is 5.97 Å². The quantitative estimate of drug-likeness (QED) is 0.711. The minimum atomic E-state index is -0.748. The molecular weight excluding hydrogens is 322 g/mol. The number of carboxylic acid groups (broad SMARTS) is 1. The standard InChI is InChI=1S/C15H20BrNO3/c1-11-7-8-12(13(16)10-11)15(20)17-9-5-3-2-4-6-14(18)19/h7-8,10H,2-6,9H2,1H3,(H,17,20)(H,18,19). The first-order valence-corrected chi connectivity index (χ1v) is 7.56. The van der Waals surface area contributed by atoms with Crippen molar-refractivity contribution in [1.82, 2.24) is 5.32 Å². The molecule has 1 rings (SSSR count). The molecule has 0 aliphatic rings. The lowest BCUT2D eigenvalue weighted by molar-refractivity contribution is -0.137. The van der Waals surface area contributed by atoms with Crippen LogP contribution in [0.2, 0.25) is 0 Å². The maximum atomic E-state index is 11.9. The van der Waals surface area contributed by atoms with Gasteiger partial charge in [-0.05, 0) is 53.4 Å². The van der Waals surface area contributed by atoms with E-state index in [1.54, 1.807) is 0 Å². The molecule has 5 heteroatoms. The van der Waals surface area contributed by atoms with Crippen molar-refractivity contribution in [1.29, 1.82) is 0 Å². The fourth-order valence-corrected chi connectivity index (χ4v) is 2.53. The average Bonchev–Trinajstić information content (AvgIpc) is 2.37. The third kappa shape index (κ3) is 6.19. The van der Waals surface area contributed by atoms with Crippen LogP contribution in [0.15, 0.2) is 22.7 Å². The molecule has 110 valence electrons. The predicted molar refractivity (Wildman–Crippen MR) is 81.9 cm³/mol. The van der Waals surface area contributed by atoms with Crippen molar-refractivity contribution in [2.45, 2.75) is 39.0 Å². The molecule has 0 unspecified atom stereocenters. The Morgan fingerprint density at radius 2 is 1.90 bits per heavy atom. The smallest absolute Gasteiger partial charge is 0.303 e. The number of nitrogens with one attached hydrogen (secondary N) is 1. The molecule has 4 nitrogen and oxygen atoms in total. The van der Waals surface area contributed by atoms with Gasteiger partial charge >= 0.3 is 5.97 Å². The molecule has 0 saturated heterocycles. The number of benzene rings is 1. The first-order valence-electron chi connectivity index (χ1n) is 6.77. The Morgan fingerprint density at radius 3 is 2.55 bits per heavy atom. The fourth-order valence-electron chi connectivity index (χ4n) is 1.86. The zero-order valence-electron chi connectivity index (χ0n) is 11.6. The molecule has 0 bridgehead atoms. The summed E-state index contributed by atoms with van der Waals surface area (Å²) in [5, 5.41) is 11.4. The maximum absolute atomic E-state index is 11.9. The van der Waals surface area contributed by atoms with Gasteiger partial charge in [0.15, 0.2) is 0 Å². The average molecular weight is 342 g/mol. The van der Waals surface area contributed by atoms with E-state index in [1.807, 2.05) is 25.1 Å². The van der Waals surface area contributed by atoms with E-state index in [4.69, 9.17) is 5.11 Å². The molecule has 20 heavy (non-hydrogen) atoms. The zero-order chi connectivity index (χ0) is 15.0. The van der Waals surface area contributed by atoms with E-state index in [1.165, 1.54) is 0 Å². The number of carbonyl (C=O) groups excluding carboxylic acids is 1. The highest BCUT2D eigenvalue weighted by Gasteiger charge is 2.08. The lowest BCUT2D eigenvalue weighted by Crippen LogP contribution is -2.24. The van der Waals surface area contributed by atoms with Crippen LogP contribution in [0.4, 0.5) is 0 Å². The summed E-state index contributed by atoms with van der Waals surface area (Å²) < 4.78 is 0.802. The van der Waals surface area contributed by atoms with Crippen LogP contribution in [0.3, 0.4) is 0 Å². The van der Waals surface area contributed by atoms with Gasteiger partial charge in [-0.2, -0.15) is 0 Å². The molecule has 1 aromatic rings. The highest BCUT2D eigenvalue weighted by Crippen LogP contribution is 2.18. The highest BCUT2D eigenvalue weighted by molar-refractivity contribution is 9.10. The van der Waals surface area contributed by atoms with Crippen LogP contribution in [0.5, 0.6) is 0 Å². The molecule has 0 atom stereocenters. The second-order valence-electron chi connectivity index (χ2n) is 4.80. The van der Waals surface area contributed by atoms with Gasteiger partial charge in [-0.1, -0.05) is 18.9 Å². The van der Waals surface area contributed by atoms with Gasteiger partial charge in [0, 0.05) is 17.4 Å². The summed E-state index contributed by atoms with van der Waals surface area (Å²) >= 11 is 3.39. The van der Waals surface area contributed by atoms with Gasteiger partial charge in [-0.25, -0.2) is 0 Å². The van der Waals surface area contributed by atoms with E-state index in [0.717, 1.165) is 29.3 Å². The Balaban J connectivity index is 2.22. The lowest BCUT2D eigenvalue weighted by atomic mass is 10.1. The Kier molecular flexibility index (Phi) is 7.30. The van der Waals surface area contributed by atoms with Crippen molar-refractivity contribution < 1.29 is 14.7 Å². The predicted octanol–water partition coefficient (Wildman–Crippen LogP) is 3.52. The first kappa shape index (κ1) is 16.7. The number of unbranched alkanes of at least 4 members (excludes halogenated alkanes) is 3. The molecule has 0 fully saturated rings. The van der Waals surface area contributed by atoms with Gasteiger partial charge in [0.25, 0.3) is 5.91 Å². The normalized spacial score (nSPS) is 10.3. The molecule has 0 aliphatic carbocycles. The topological polar surface area (TPSA) is 66.4 Å². The van der Waals surface area contributed by atoms with Crippen LogP contribution < -0.4 is 5.32 Å². The highest BCUT2D eigenvalue weighted by atomic mass is 79.9. The van der Waals surface area contributed by atoms with Crippen LogP contribution in [0.1, 0.15) is 48.0 Å². The number of carboxylic acids is 1. The molecule has 2 N–H and O–H groups in total. The summed E-state index contributed by atoms with van der Waals surface area (Å²) in [6.07, 6.45) is 3.61. The van der Waals surface area contributed by atoms with E-state index in [0.29, 0.717) is 18.5 Å². The first-order chi connectivity index (χ1) is 9.50. The largest absolute Gasteiger partial charge is 0.481 e. The van der Waals surface area contributed by atoms with E-state index in [9.17, 15) is 9.59 Å². The van der Waals surface area contributed by atoms with Crippen molar-refractivity contribution >= 4 is 27.8 Å². The number of hydrogen-bond donors (Lipinski definition) is 2. The van der Waals surface area contributed by atoms with Gasteiger partial charge < -0.3 is 10.4 Å². The Hall–Kier alpha value is -1.36. The Bertz CT molecular complexity index is 474. The summed E-state index contributed by atoms with van der Waals surface area (Å²) in [5.41, 5.74) is 1.74. The molecule has 0 saturated carbocycles. The van der Waals surface area contributed by atoms with Gasteiger partial charge in [-0.15, -0.1) is 0 Å². The number of aliphatic carboxylic acids is 1. The summed E-state index contributed by atoms with van der Waals surface area (Å²) in [4.78, 5) is 22.3. The van der Waals surface area contributed by atoms with Crippen molar-refractivity contribution in [2.24, 2.45) is 0 Å². The molecule has 0 spiro atoms. The number of amides is 1. The molecule has 0 aliphatic heterocycles. The second kappa shape index (κ2) is 8.74. The van der Waals surface area contributed by atoms with Crippen molar-refractivity contribution in [3.05, 3.63) is 33.8 Å². The van der Waals surface area contributed by atoms with E-state index in [-0.39, 0.29) is 12.3 Å². The third-order valence-corrected chi connectivity index (χ3v) is 3.63. The number of aryl methyl sites for hydroxylation is 1. The van der Waals surface area contributed by atoms with Crippen molar-refractivity contribution in [3.8, 4) is 0 Å². The molecule has 0 radical (unpaired) electrons. The Morgan fingerprint density at radius 1 is 1.20 bits per heavy atom. The number of halogens is 1.